The highest BCUT2D eigenvalue weighted by Gasteiger charge is 2.21. The second-order valence-electron chi connectivity index (χ2n) is 6.41. The van der Waals surface area contributed by atoms with Crippen molar-refractivity contribution in [2.24, 2.45) is 7.05 Å². The van der Waals surface area contributed by atoms with Gasteiger partial charge in [0.15, 0.2) is 14.9 Å². The summed E-state index contributed by atoms with van der Waals surface area (Å²) in [4.78, 5) is 8.07. The second-order valence-corrected chi connectivity index (χ2v) is 10.1. The standard InChI is InChI=1S/C17H19N5O4S2.C2H6.H2/c1-11-6-5-7-12(2)16(11)14-8-15(27(4,23)24)20-17(19-14)21-28(25,26)13-9-18-22(3)10-13;1-2;/h5-10H,1-4H3,(H,19,20,21);1-2H3;1H. The highest BCUT2D eigenvalue weighted by atomic mass is 32.2. The number of sulfone groups is 1. The number of aromatic nitrogens is 4. The van der Waals surface area contributed by atoms with E-state index in [0.29, 0.717) is 5.69 Å². The van der Waals surface area contributed by atoms with Gasteiger partial charge in [0, 0.05) is 32.6 Å². The van der Waals surface area contributed by atoms with Gasteiger partial charge in [0.05, 0.1) is 11.9 Å². The summed E-state index contributed by atoms with van der Waals surface area (Å²) in [6.45, 7) is 7.73. The Kier molecular flexibility index (Phi) is 6.99. The van der Waals surface area contributed by atoms with Gasteiger partial charge in [-0.05, 0) is 25.0 Å². The Morgan fingerprint density at radius 3 is 2.13 bits per heavy atom. The lowest BCUT2D eigenvalue weighted by Crippen LogP contribution is -2.16. The molecule has 0 bridgehead atoms. The molecule has 30 heavy (non-hydrogen) atoms. The molecule has 9 nitrogen and oxygen atoms in total. The molecule has 0 unspecified atom stereocenters. The summed E-state index contributed by atoms with van der Waals surface area (Å²) in [6, 6.07) is 6.94. The zero-order valence-corrected chi connectivity index (χ0v) is 19.3. The molecule has 0 saturated heterocycles. The third-order valence-electron chi connectivity index (χ3n) is 4.04. The Hall–Kier alpha value is -2.79. The lowest BCUT2D eigenvalue weighted by Gasteiger charge is -2.12. The number of rotatable bonds is 5. The van der Waals surface area contributed by atoms with E-state index in [0.717, 1.165) is 22.9 Å². The number of hydrogen-bond donors (Lipinski definition) is 1. The van der Waals surface area contributed by atoms with Crippen molar-refractivity contribution in [3.63, 3.8) is 0 Å². The van der Waals surface area contributed by atoms with Gasteiger partial charge in [-0.1, -0.05) is 32.0 Å². The van der Waals surface area contributed by atoms with Crippen molar-refractivity contribution in [2.75, 3.05) is 11.0 Å². The molecule has 0 atom stereocenters. The van der Waals surface area contributed by atoms with Crippen LogP contribution in [0.1, 0.15) is 26.4 Å². The summed E-state index contributed by atoms with van der Waals surface area (Å²) in [5, 5.41) is 3.56. The summed E-state index contributed by atoms with van der Waals surface area (Å²) in [5.41, 5.74) is 2.78. The van der Waals surface area contributed by atoms with Gasteiger partial charge in [0.2, 0.25) is 5.95 Å². The van der Waals surface area contributed by atoms with Crippen LogP contribution in [0, 0.1) is 13.8 Å². The van der Waals surface area contributed by atoms with E-state index in [1.54, 1.807) is 7.05 Å². The van der Waals surface area contributed by atoms with Crippen LogP contribution in [0.4, 0.5) is 5.95 Å². The van der Waals surface area contributed by atoms with Gasteiger partial charge in [-0.25, -0.2) is 31.5 Å². The van der Waals surface area contributed by atoms with Crippen LogP contribution in [0.5, 0.6) is 0 Å². The predicted molar refractivity (Wildman–Crippen MR) is 118 cm³/mol. The first-order valence-corrected chi connectivity index (χ1v) is 12.5. The van der Waals surface area contributed by atoms with Crippen molar-refractivity contribution in [1.29, 1.82) is 0 Å². The first kappa shape index (κ1) is 23.5. The molecule has 0 spiro atoms. The van der Waals surface area contributed by atoms with Crippen molar-refractivity contribution in [1.82, 2.24) is 19.7 Å². The third-order valence-corrected chi connectivity index (χ3v) is 6.29. The van der Waals surface area contributed by atoms with E-state index in [1.165, 1.54) is 23.1 Å². The molecule has 3 rings (SSSR count). The van der Waals surface area contributed by atoms with E-state index in [9.17, 15) is 16.8 Å². The highest BCUT2D eigenvalue weighted by Crippen LogP contribution is 2.28. The molecule has 0 aliphatic rings. The molecule has 0 aliphatic carbocycles. The first-order chi connectivity index (χ1) is 14.0. The third kappa shape index (κ3) is 5.22. The maximum Gasteiger partial charge on any atom is 0.267 e. The summed E-state index contributed by atoms with van der Waals surface area (Å²) in [6.07, 6.45) is 3.49. The van der Waals surface area contributed by atoms with E-state index in [1.807, 2.05) is 45.9 Å². The van der Waals surface area contributed by atoms with Crippen molar-refractivity contribution >= 4 is 25.8 Å². The molecule has 1 aromatic carbocycles. The quantitative estimate of drug-likeness (QED) is 0.589. The molecular weight excluding hydrogens is 426 g/mol. The van der Waals surface area contributed by atoms with Crippen molar-refractivity contribution < 1.29 is 18.3 Å². The Balaban J connectivity index is 0.00000156. The lowest BCUT2D eigenvalue weighted by atomic mass is 10.00. The van der Waals surface area contributed by atoms with Crippen molar-refractivity contribution in [3.05, 3.63) is 47.8 Å². The first-order valence-electron chi connectivity index (χ1n) is 9.14. The Labute approximate surface area is 178 Å². The topological polar surface area (TPSA) is 124 Å². The van der Waals surface area contributed by atoms with Gasteiger partial charge in [0.25, 0.3) is 10.0 Å². The minimum absolute atomic E-state index is 0. The number of nitrogens with zero attached hydrogens (tertiary/aromatic N) is 4. The lowest BCUT2D eigenvalue weighted by molar-refractivity contribution is 0.595. The van der Waals surface area contributed by atoms with Gasteiger partial charge in [-0.3, -0.25) is 4.68 Å². The molecule has 0 radical (unpaired) electrons. The largest absolute Gasteiger partial charge is 0.274 e. The van der Waals surface area contributed by atoms with Gasteiger partial charge < -0.3 is 0 Å². The van der Waals surface area contributed by atoms with Crippen LogP contribution in [0.15, 0.2) is 46.6 Å². The molecular formula is C19H27N5O4S2. The van der Waals surface area contributed by atoms with Crippen molar-refractivity contribution in [3.8, 4) is 11.3 Å². The molecule has 1 N–H and O–H groups in total. The Morgan fingerprint density at radius 2 is 1.63 bits per heavy atom. The van der Waals surface area contributed by atoms with Crippen LogP contribution < -0.4 is 4.72 Å². The van der Waals surface area contributed by atoms with Gasteiger partial charge in [-0.2, -0.15) is 5.10 Å². The van der Waals surface area contributed by atoms with E-state index in [-0.39, 0.29) is 17.3 Å². The summed E-state index contributed by atoms with van der Waals surface area (Å²) in [7, 11) is -6.14. The maximum atomic E-state index is 12.6. The molecule has 3 aromatic rings. The predicted octanol–water partition coefficient (Wildman–Crippen LogP) is 2.97. The zero-order valence-electron chi connectivity index (χ0n) is 17.7. The van der Waals surface area contributed by atoms with Crippen LogP contribution in [0.2, 0.25) is 0 Å². The number of sulfonamides is 1. The monoisotopic (exact) mass is 453 g/mol. The van der Waals surface area contributed by atoms with Crippen molar-refractivity contribution in [2.45, 2.75) is 37.6 Å². The minimum Gasteiger partial charge on any atom is -0.274 e. The van der Waals surface area contributed by atoms with Gasteiger partial charge in [-0.15, -0.1) is 0 Å². The van der Waals surface area contributed by atoms with E-state index in [4.69, 9.17) is 0 Å². The molecule has 0 amide bonds. The molecule has 0 fully saturated rings. The minimum atomic E-state index is -4.03. The number of anilines is 1. The maximum absolute atomic E-state index is 12.6. The van der Waals surface area contributed by atoms with E-state index >= 15 is 0 Å². The molecule has 11 heteroatoms. The van der Waals surface area contributed by atoms with Crippen LogP contribution in [0.3, 0.4) is 0 Å². The number of hydrogen-bond acceptors (Lipinski definition) is 7. The number of benzene rings is 1. The summed E-state index contributed by atoms with van der Waals surface area (Å²) < 4.78 is 52.9. The zero-order chi connectivity index (χ0) is 22.7. The van der Waals surface area contributed by atoms with Crippen LogP contribution >= 0.6 is 0 Å². The Morgan fingerprint density at radius 1 is 1.03 bits per heavy atom. The van der Waals surface area contributed by atoms with Crippen LogP contribution in [-0.2, 0) is 26.9 Å². The molecule has 2 heterocycles. The number of nitrogens with one attached hydrogen (secondary N) is 1. The van der Waals surface area contributed by atoms with Gasteiger partial charge in [0.1, 0.15) is 4.90 Å². The highest BCUT2D eigenvalue weighted by molar-refractivity contribution is 7.92. The fraction of sp³-hybridized carbons (Fsp3) is 0.316. The van der Waals surface area contributed by atoms with Gasteiger partial charge >= 0.3 is 0 Å². The molecule has 0 aliphatic heterocycles. The summed E-state index contributed by atoms with van der Waals surface area (Å²) in [5.74, 6) is -0.329. The van der Waals surface area contributed by atoms with Crippen LogP contribution in [-0.4, -0.2) is 42.8 Å². The average Bonchev–Trinajstić information content (AvgIpc) is 3.09. The Bertz CT molecular complexity index is 1250. The smallest absolute Gasteiger partial charge is 0.267 e. The summed E-state index contributed by atoms with van der Waals surface area (Å²) >= 11 is 0. The second kappa shape index (κ2) is 8.92. The van der Waals surface area contributed by atoms with E-state index < -0.39 is 19.9 Å². The fourth-order valence-corrected chi connectivity index (χ4v) is 4.23. The SMILES string of the molecule is CC.Cc1cccc(C)c1-c1cc(S(C)(=O)=O)nc(NS(=O)(=O)c2cnn(C)c2)n1.[HH]. The van der Waals surface area contributed by atoms with Crippen LogP contribution in [0.25, 0.3) is 11.3 Å². The average molecular weight is 454 g/mol. The molecule has 164 valence electrons. The van der Waals surface area contributed by atoms with E-state index in [2.05, 4.69) is 19.8 Å². The molecule has 0 saturated carbocycles. The fourth-order valence-electron chi connectivity index (χ4n) is 2.72. The molecule has 2 aromatic heterocycles. The number of aryl methyl sites for hydroxylation is 3. The normalized spacial score (nSPS) is 11.5.